The maximum atomic E-state index is 11.8. The number of hydrogen-bond acceptors (Lipinski definition) is 3. The van der Waals surface area contributed by atoms with Gasteiger partial charge in [0.1, 0.15) is 4.88 Å². The third-order valence-corrected chi connectivity index (χ3v) is 5.44. The highest BCUT2D eigenvalue weighted by molar-refractivity contribution is 7.14. The molecule has 3 aromatic rings. The van der Waals surface area contributed by atoms with Crippen molar-refractivity contribution < 1.29 is 9.53 Å². The van der Waals surface area contributed by atoms with Gasteiger partial charge in [0, 0.05) is 28.4 Å². The summed E-state index contributed by atoms with van der Waals surface area (Å²) in [6, 6.07) is 10.5. The molecule has 0 saturated carbocycles. The van der Waals surface area contributed by atoms with Gasteiger partial charge in [0.05, 0.1) is 12.8 Å². The number of rotatable bonds is 1. The summed E-state index contributed by atoms with van der Waals surface area (Å²) < 4.78 is 7.10. The minimum absolute atomic E-state index is 0.241. The third-order valence-electron chi connectivity index (χ3n) is 4.26. The van der Waals surface area contributed by atoms with Crippen LogP contribution >= 0.6 is 11.3 Å². The number of aromatic nitrogens is 1. The number of hydrogen-bond donors (Lipinski definition) is 0. The van der Waals surface area contributed by atoms with Crippen molar-refractivity contribution in [3.05, 3.63) is 45.6 Å². The molecule has 1 aliphatic rings. The predicted octanol–water partition coefficient (Wildman–Crippen LogP) is 3.79. The van der Waals surface area contributed by atoms with Gasteiger partial charge in [-0.3, -0.25) is 0 Å². The van der Waals surface area contributed by atoms with E-state index in [2.05, 4.69) is 35.9 Å². The first-order valence-corrected chi connectivity index (χ1v) is 7.80. The topological polar surface area (TPSA) is 31.2 Å². The third kappa shape index (κ3) is 1.69. The van der Waals surface area contributed by atoms with E-state index in [1.165, 1.54) is 39.7 Å². The van der Waals surface area contributed by atoms with Crippen molar-refractivity contribution in [3.8, 4) is 11.3 Å². The Morgan fingerprint density at radius 1 is 1.29 bits per heavy atom. The second kappa shape index (κ2) is 4.46. The summed E-state index contributed by atoms with van der Waals surface area (Å²) in [4.78, 5) is 13.8. The number of carbonyl (C=O) groups excluding carboxylic acids is 1. The van der Waals surface area contributed by atoms with Crippen molar-refractivity contribution in [1.29, 1.82) is 0 Å². The van der Waals surface area contributed by atoms with Gasteiger partial charge in [0.2, 0.25) is 0 Å². The molecule has 2 aromatic heterocycles. The largest absolute Gasteiger partial charge is 0.465 e. The number of aryl methyl sites for hydroxylation is 3. The van der Waals surface area contributed by atoms with E-state index in [9.17, 15) is 4.79 Å². The molecule has 1 aromatic carbocycles. The quantitative estimate of drug-likeness (QED) is 0.640. The zero-order chi connectivity index (χ0) is 14.6. The van der Waals surface area contributed by atoms with Crippen molar-refractivity contribution in [2.45, 2.75) is 12.8 Å². The number of ether oxygens (including phenoxy) is 1. The van der Waals surface area contributed by atoms with Crippen molar-refractivity contribution in [3.63, 3.8) is 0 Å². The number of para-hydroxylation sites is 1. The molecule has 4 rings (SSSR count). The Balaban J connectivity index is 2.00. The zero-order valence-electron chi connectivity index (χ0n) is 12.0. The molecule has 21 heavy (non-hydrogen) atoms. The molecule has 0 N–H and O–H groups in total. The van der Waals surface area contributed by atoms with E-state index in [0.29, 0.717) is 4.88 Å². The van der Waals surface area contributed by atoms with E-state index in [-0.39, 0.29) is 5.97 Å². The first kappa shape index (κ1) is 12.7. The zero-order valence-corrected chi connectivity index (χ0v) is 12.8. The van der Waals surface area contributed by atoms with Crippen molar-refractivity contribution in [2.24, 2.45) is 7.05 Å². The number of nitrogens with zero attached hydrogens (tertiary/aromatic N) is 1. The molecule has 0 unspecified atom stereocenters. The van der Waals surface area contributed by atoms with Gasteiger partial charge in [-0.15, -0.1) is 11.3 Å². The number of benzene rings is 1. The molecule has 0 fully saturated rings. The Kier molecular flexibility index (Phi) is 2.69. The monoisotopic (exact) mass is 297 g/mol. The van der Waals surface area contributed by atoms with Gasteiger partial charge in [-0.1, -0.05) is 18.2 Å². The Morgan fingerprint density at radius 2 is 2.10 bits per heavy atom. The maximum absolute atomic E-state index is 11.8. The van der Waals surface area contributed by atoms with E-state index in [1.54, 1.807) is 11.3 Å². The van der Waals surface area contributed by atoms with Crippen LogP contribution in [0.3, 0.4) is 0 Å². The number of esters is 1. The Morgan fingerprint density at radius 3 is 2.90 bits per heavy atom. The van der Waals surface area contributed by atoms with Gasteiger partial charge in [-0.25, -0.2) is 4.79 Å². The minimum Gasteiger partial charge on any atom is -0.465 e. The molecule has 4 heteroatoms. The molecule has 3 nitrogen and oxygen atoms in total. The maximum Gasteiger partial charge on any atom is 0.348 e. The average Bonchev–Trinajstić information content (AvgIpc) is 3.07. The Bertz CT molecular complexity index is 872. The van der Waals surface area contributed by atoms with Gasteiger partial charge < -0.3 is 9.30 Å². The molecular formula is C17H15NO2S. The summed E-state index contributed by atoms with van der Waals surface area (Å²) in [5, 5.41) is 1.33. The van der Waals surface area contributed by atoms with Crippen molar-refractivity contribution >= 4 is 28.2 Å². The fourth-order valence-electron chi connectivity index (χ4n) is 3.32. The average molecular weight is 297 g/mol. The van der Waals surface area contributed by atoms with Crippen LogP contribution in [-0.2, 0) is 24.6 Å². The normalized spacial score (nSPS) is 13.0. The molecule has 1 aliphatic carbocycles. The molecule has 0 bridgehead atoms. The standard InChI is InChI=1S/C17H15NO2S/c1-18-13-6-4-3-5-10(13)11-7-8-14-12(16(11)18)9-15(21-14)17(19)20-2/h3-6,9H,7-8H2,1-2H3. The molecule has 0 atom stereocenters. The summed E-state index contributed by atoms with van der Waals surface area (Å²) in [6.45, 7) is 0. The van der Waals surface area contributed by atoms with Gasteiger partial charge in [0.25, 0.3) is 0 Å². The lowest BCUT2D eigenvalue weighted by molar-refractivity contribution is 0.0606. The summed E-state index contributed by atoms with van der Waals surface area (Å²) in [5.74, 6) is -0.241. The lowest BCUT2D eigenvalue weighted by atomic mass is 9.94. The van der Waals surface area contributed by atoms with E-state index in [1.807, 2.05) is 6.07 Å². The van der Waals surface area contributed by atoms with Crippen LogP contribution in [-0.4, -0.2) is 17.6 Å². The summed E-state index contributed by atoms with van der Waals surface area (Å²) >= 11 is 1.56. The van der Waals surface area contributed by atoms with Crippen molar-refractivity contribution in [1.82, 2.24) is 4.57 Å². The van der Waals surface area contributed by atoms with Crippen LogP contribution in [0.1, 0.15) is 20.1 Å². The number of carbonyl (C=O) groups is 1. The Labute approximate surface area is 126 Å². The van der Waals surface area contributed by atoms with Crippen LogP contribution in [0, 0.1) is 0 Å². The summed E-state index contributed by atoms with van der Waals surface area (Å²) in [5.41, 5.74) is 5.10. The fourth-order valence-corrected chi connectivity index (χ4v) is 4.40. The van der Waals surface area contributed by atoms with Gasteiger partial charge >= 0.3 is 5.97 Å². The van der Waals surface area contributed by atoms with Crippen LogP contribution in [0.25, 0.3) is 22.2 Å². The van der Waals surface area contributed by atoms with Crippen LogP contribution in [0.2, 0.25) is 0 Å². The highest BCUT2D eigenvalue weighted by atomic mass is 32.1. The van der Waals surface area contributed by atoms with Gasteiger partial charge in [-0.2, -0.15) is 0 Å². The first-order chi connectivity index (χ1) is 10.2. The molecule has 0 aliphatic heterocycles. The second-order valence-electron chi connectivity index (χ2n) is 5.34. The molecular weight excluding hydrogens is 282 g/mol. The molecule has 0 amide bonds. The minimum atomic E-state index is -0.241. The number of methoxy groups -OCH3 is 1. The molecule has 0 radical (unpaired) electrons. The van der Waals surface area contributed by atoms with Crippen LogP contribution < -0.4 is 0 Å². The van der Waals surface area contributed by atoms with Crippen LogP contribution in [0.5, 0.6) is 0 Å². The summed E-state index contributed by atoms with van der Waals surface area (Å²) in [6.07, 6.45) is 2.03. The lowest BCUT2D eigenvalue weighted by Crippen LogP contribution is -2.02. The highest BCUT2D eigenvalue weighted by Crippen LogP contribution is 2.42. The fraction of sp³-hybridized carbons (Fsp3) is 0.235. The van der Waals surface area contributed by atoms with E-state index in [0.717, 1.165) is 12.8 Å². The highest BCUT2D eigenvalue weighted by Gasteiger charge is 2.26. The van der Waals surface area contributed by atoms with E-state index in [4.69, 9.17) is 4.74 Å². The first-order valence-electron chi connectivity index (χ1n) is 6.98. The number of thiophene rings is 1. The smallest absolute Gasteiger partial charge is 0.348 e. The molecule has 0 spiro atoms. The molecule has 2 heterocycles. The summed E-state index contributed by atoms with van der Waals surface area (Å²) in [7, 11) is 3.54. The predicted molar refractivity (Wildman–Crippen MR) is 85.0 cm³/mol. The van der Waals surface area contributed by atoms with Gasteiger partial charge in [0.15, 0.2) is 0 Å². The van der Waals surface area contributed by atoms with E-state index < -0.39 is 0 Å². The van der Waals surface area contributed by atoms with Crippen LogP contribution in [0.15, 0.2) is 30.3 Å². The lowest BCUT2D eigenvalue weighted by Gasteiger charge is -2.14. The van der Waals surface area contributed by atoms with Gasteiger partial charge in [-0.05, 0) is 30.5 Å². The Hall–Kier alpha value is -2.07. The number of fused-ring (bicyclic) bond motifs is 5. The van der Waals surface area contributed by atoms with Crippen LogP contribution in [0.4, 0.5) is 0 Å². The molecule has 0 saturated heterocycles. The van der Waals surface area contributed by atoms with E-state index >= 15 is 0 Å². The SMILES string of the molecule is COC(=O)c1cc2c(s1)CCc1c-2n(C)c2ccccc12. The molecule has 106 valence electrons. The second-order valence-corrected chi connectivity index (χ2v) is 6.48. The van der Waals surface area contributed by atoms with Crippen molar-refractivity contribution in [2.75, 3.05) is 7.11 Å².